The highest BCUT2D eigenvalue weighted by Gasteiger charge is 2.36. The zero-order chi connectivity index (χ0) is 22.9. The number of anilines is 2. The van der Waals surface area contributed by atoms with Crippen LogP contribution < -0.4 is 14.5 Å². The van der Waals surface area contributed by atoms with Crippen LogP contribution in [0.5, 0.6) is 5.75 Å². The third-order valence-corrected chi connectivity index (χ3v) is 6.70. The first-order chi connectivity index (χ1) is 15.2. The van der Waals surface area contributed by atoms with Crippen LogP contribution in [0.15, 0.2) is 30.6 Å². The van der Waals surface area contributed by atoms with Gasteiger partial charge in [-0.1, -0.05) is 19.1 Å². The molecule has 0 N–H and O–H groups in total. The van der Waals surface area contributed by atoms with E-state index < -0.39 is 0 Å². The maximum Gasteiger partial charge on any atom is 0.208 e. The summed E-state index contributed by atoms with van der Waals surface area (Å²) in [7, 11) is 0. The summed E-state index contributed by atoms with van der Waals surface area (Å²) >= 11 is 0. The normalized spacial score (nSPS) is 21.1. The SMILES string of the molecule is CC(=O)C[C@@H](C)c1ccc(O[C@@H]2CCN(c3ncnc(N4CCCC4(C)C)c3F)C2)cc1. The number of hydrogen-bond acceptors (Lipinski definition) is 6. The van der Waals surface area contributed by atoms with Crippen molar-refractivity contribution in [1.82, 2.24) is 9.97 Å². The lowest BCUT2D eigenvalue weighted by atomic mass is 9.96. The summed E-state index contributed by atoms with van der Waals surface area (Å²) in [6.45, 7) is 10.0. The van der Waals surface area contributed by atoms with Crippen molar-refractivity contribution in [3.63, 3.8) is 0 Å². The van der Waals surface area contributed by atoms with Crippen molar-refractivity contribution in [2.45, 2.75) is 70.9 Å². The van der Waals surface area contributed by atoms with E-state index >= 15 is 4.39 Å². The number of Topliss-reactive ketones (excluding diaryl/α,β-unsaturated/α-hetero) is 1. The summed E-state index contributed by atoms with van der Waals surface area (Å²) in [5, 5.41) is 0. The first-order valence-corrected chi connectivity index (χ1v) is 11.5. The largest absolute Gasteiger partial charge is 0.489 e. The lowest BCUT2D eigenvalue weighted by Crippen LogP contribution is -2.39. The molecule has 2 aliphatic heterocycles. The van der Waals surface area contributed by atoms with Gasteiger partial charge in [-0.25, -0.2) is 9.97 Å². The van der Waals surface area contributed by atoms with E-state index in [1.54, 1.807) is 6.92 Å². The number of ether oxygens (including phenoxy) is 1. The van der Waals surface area contributed by atoms with Crippen LogP contribution in [0.25, 0.3) is 0 Å². The number of rotatable bonds is 7. The maximum atomic E-state index is 15.4. The second-order valence-electron chi connectivity index (χ2n) is 9.75. The summed E-state index contributed by atoms with van der Waals surface area (Å²) in [5.41, 5.74) is 1.03. The van der Waals surface area contributed by atoms with Crippen LogP contribution in [0.1, 0.15) is 64.9 Å². The molecule has 2 atom stereocenters. The molecule has 2 aromatic rings. The average molecular weight is 441 g/mol. The van der Waals surface area contributed by atoms with Crippen molar-refractivity contribution >= 4 is 17.4 Å². The Hall–Kier alpha value is -2.70. The van der Waals surface area contributed by atoms with E-state index in [0.29, 0.717) is 31.1 Å². The standard InChI is InChI=1S/C25H33FN4O2/c1-17(14-18(2)31)19-6-8-20(9-7-19)32-21-10-13-29(15-21)23-22(26)24(28-16-27-23)30-12-5-11-25(30,3)4/h6-9,16-17,21H,5,10-15H2,1-4H3/t17-,21-/m1/s1. The van der Waals surface area contributed by atoms with Gasteiger partial charge in [0.2, 0.25) is 5.82 Å². The van der Waals surface area contributed by atoms with Crippen molar-refractivity contribution in [2.24, 2.45) is 0 Å². The van der Waals surface area contributed by atoms with Crippen molar-refractivity contribution in [3.8, 4) is 5.75 Å². The molecule has 3 heterocycles. The highest BCUT2D eigenvalue weighted by atomic mass is 19.1. The molecule has 0 saturated carbocycles. The fraction of sp³-hybridized carbons (Fsp3) is 0.560. The number of halogens is 1. The highest BCUT2D eigenvalue weighted by Crippen LogP contribution is 2.36. The Labute approximate surface area is 189 Å². The molecule has 7 heteroatoms. The quantitative estimate of drug-likeness (QED) is 0.620. The number of nitrogens with zero attached hydrogens (tertiary/aromatic N) is 4. The second-order valence-corrected chi connectivity index (χ2v) is 9.75. The minimum Gasteiger partial charge on any atom is -0.489 e. The summed E-state index contributed by atoms with van der Waals surface area (Å²) in [6, 6.07) is 7.94. The Morgan fingerprint density at radius 2 is 1.94 bits per heavy atom. The molecule has 32 heavy (non-hydrogen) atoms. The molecule has 0 unspecified atom stereocenters. The molecule has 1 aromatic carbocycles. The van der Waals surface area contributed by atoms with Gasteiger partial charge in [-0.05, 0) is 57.2 Å². The molecule has 0 aliphatic carbocycles. The van der Waals surface area contributed by atoms with E-state index in [1.807, 2.05) is 29.2 Å². The Morgan fingerprint density at radius 3 is 2.59 bits per heavy atom. The van der Waals surface area contributed by atoms with Gasteiger partial charge in [0.25, 0.3) is 0 Å². The smallest absolute Gasteiger partial charge is 0.208 e. The van der Waals surface area contributed by atoms with E-state index in [4.69, 9.17) is 4.74 Å². The molecule has 2 saturated heterocycles. The molecule has 2 fully saturated rings. The Balaban J connectivity index is 1.41. The van der Waals surface area contributed by atoms with E-state index in [-0.39, 0.29) is 29.2 Å². The number of aromatic nitrogens is 2. The third-order valence-electron chi connectivity index (χ3n) is 6.70. The fourth-order valence-corrected chi connectivity index (χ4v) is 4.89. The number of hydrogen-bond donors (Lipinski definition) is 0. The molecule has 4 rings (SSSR count). The molecule has 2 aliphatic rings. The van der Waals surface area contributed by atoms with Crippen molar-refractivity contribution in [3.05, 3.63) is 42.0 Å². The average Bonchev–Trinajstić information content (AvgIpc) is 3.34. The monoisotopic (exact) mass is 440 g/mol. The highest BCUT2D eigenvalue weighted by molar-refractivity contribution is 5.76. The minimum atomic E-state index is -0.341. The van der Waals surface area contributed by atoms with Crippen molar-refractivity contribution < 1.29 is 13.9 Å². The third kappa shape index (κ3) is 4.71. The lowest BCUT2D eigenvalue weighted by Gasteiger charge is -2.33. The van der Waals surface area contributed by atoms with Gasteiger partial charge in [0.05, 0.1) is 6.54 Å². The van der Waals surface area contributed by atoms with Crippen LogP contribution in [0, 0.1) is 5.82 Å². The maximum absolute atomic E-state index is 15.4. The van der Waals surface area contributed by atoms with Gasteiger partial charge < -0.3 is 19.3 Å². The van der Waals surface area contributed by atoms with Crippen molar-refractivity contribution in [2.75, 3.05) is 29.4 Å². The molecule has 0 bridgehead atoms. The van der Waals surface area contributed by atoms with Crippen LogP contribution in [0.3, 0.4) is 0 Å². The van der Waals surface area contributed by atoms with E-state index in [1.165, 1.54) is 6.33 Å². The van der Waals surface area contributed by atoms with Gasteiger partial charge in [-0.3, -0.25) is 0 Å². The molecule has 0 spiro atoms. The van der Waals surface area contributed by atoms with Gasteiger partial charge in [-0.15, -0.1) is 0 Å². The first kappa shape index (κ1) is 22.5. The van der Waals surface area contributed by atoms with Gasteiger partial charge in [0.1, 0.15) is 24.0 Å². The van der Waals surface area contributed by atoms with Crippen molar-refractivity contribution in [1.29, 1.82) is 0 Å². The van der Waals surface area contributed by atoms with Gasteiger partial charge >= 0.3 is 0 Å². The van der Waals surface area contributed by atoms with Crippen LogP contribution in [0.2, 0.25) is 0 Å². The number of ketones is 1. The lowest BCUT2D eigenvalue weighted by molar-refractivity contribution is -0.117. The zero-order valence-electron chi connectivity index (χ0n) is 19.5. The number of carbonyl (C=O) groups is 1. The molecule has 1 aromatic heterocycles. The molecule has 0 amide bonds. The van der Waals surface area contributed by atoms with Crippen LogP contribution in [0.4, 0.5) is 16.0 Å². The molecule has 0 radical (unpaired) electrons. The Kier molecular flexibility index (Phi) is 6.35. The summed E-state index contributed by atoms with van der Waals surface area (Å²) in [4.78, 5) is 23.9. The Bertz CT molecular complexity index is 963. The van der Waals surface area contributed by atoms with E-state index in [9.17, 15) is 4.79 Å². The number of benzene rings is 1. The van der Waals surface area contributed by atoms with E-state index in [2.05, 4.69) is 35.6 Å². The first-order valence-electron chi connectivity index (χ1n) is 11.5. The van der Waals surface area contributed by atoms with E-state index in [0.717, 1.165) is 37.1 Å². The molecular weight excluding hydrogens is 407 g/mol. The zero-order valence-corrected chi connectivity index (χ0v) is 19.5. The fourth-order valence-electron chi connectivity index (χ4n) is 4.89. The number of carbonyl (C=O) groups excluding carboxylic acids is 1. The van der Waals surface area contributed by atoms with Gasteiger partial charge in [0, 0.05) is 31.5 Å². The predicted molar refractivity (Wildman–Crippen MR) is 124 cm³/mol. The van der Waals surface area contributed by atoms with Gasteiger partial charge in [0.15, 0.2) is 11.6 Å². The molecular formula is C25H33FN4O2. The van der Waals surface area contributed by atoms with Crippen LogP contribution in [-0.4, -0.2) is 47.0 Å². The molecule has 172 valence electrons. The van der Waals surface area contributed by atoms with Crippen LogP contribution in [-0.2, 0) is 4.79 Å². The van der Waals surface area contributed by atoms with Gasteiger partial charge in [-0.2, -0.15) is 4.39 Å². The summed E-state index contributed by atoms with van der Waals surface area (Å²) < 4.78 is 21.6. The second kappa shape index (κ2) is 9.04. The minimum absolute atomic E-state index is 0.0310. The molecule has 6 nitrogen and oxygen atoms in total. The van der Waals surface area contributed by atoms with Crippen LogP contribution >= 0.6 is 0 Å². The summed E-state index contributed by atoms with van der Waals surface area (Å²) in [5.74, 6) is 1.59. The topological polar surface area (TPSA) is 58.6 Å². The Morgan fingerprint density at radius 1 is 1.22 bits per heavy atom. The predicted octanol–water partition coefficient (Wildman–Crippen LogP) is 4.73. The summed E-state index contributed by atoms with van der Waals surface area (Å²) in [6.07, 6.45) is 4.85.